The van der Waals surface area contributed by atoms with Gasteiger partial charge in [0.2, 0.25) is 0 Å². The van der Waals surface area contributed by atoms with Gasteiger partial charge in [-0.05, 0) is 63.5 Å². The van der Waals surface area contributed by atoms with Crippen molar-refractivity contribution in [3.05, 3.63) is 41.5 Å². The lowest BCUT2D eigenvalue weighted by molar-refractivity contribution is -0.144. The second-order valence-electron chi connectivity index (χ2n) is 13.0. The first-order valence-corrected chi connectivity index (χ1v) is 15.6. The molecule has 1 heterocycles. The van der Waals surface area contributed by atoms with Crippen LogP contribution in [0.15, 0.2) is 30.3 Å². The van der Waals surface area contributed by atoms with Gasteiger partial charge in [0.25, 0.3) is 0 Å². The molecule has 0 spiro atoms. The summed E-state index contributed by atoms with van der Waals surface area (Å²) in [5, 5.41) is 4.61. The molecule has 2 rings (SSSR count). The average Bonchev–Trinajstić information content (AvgIpc) is 3.26. The quantitative estimate of drug-likeness (QED) is 0.259. The number of aromatic nitrogens is 2. The molecule has 236 valence electrons. The first kappa shape index (κ1) is 38.8. The van der Waals surface area contributed by atoms with Gasteiger partial charge >= 0.3 is 5.97 Å². The normalized spacial score (nSPS) is 19.3. The zero-order valence-corrected chi connectivity index (χ0v) is 28.2. The molecule has 0 saturated carbocycles. The molecule has 3 unspecified atom stereocenters. The summed E-state index contributed by atoms with van der Waals surface area (Å²) in [5.41, 5.74) is 3.27. The molecule has 0 aromatic carbocycles. The number of carbonyl (C=O) groups is 1. The van der Waals surface area contributed by atoms with E-state index in [0.29, 0.717) is 11.5 Å². The van der Waals surface area contributed by atoms with Gasteiger partial charge in [0.05, 0.1) is 24.0 Å². The first-order chi connectivity index (χ1) is 19.0. The lowest BCUT2D eigenvalue weighted by Gasteiger charge is -2.31. The number of hydrogen-bond acceptors (Lipinski definition) is 3. The van der Waals surface area contributed by atoms with Crippen LogP contribution in [-0.4, -0.2) is 28.0 Å². The maximum absolute atomic E-state index is 14.7. The van der Waals surface area contributed by atoms with Crippen LogP contribution in [0.25, 0.3) is 12.2 Å². The van der Waals surface area contributed by atoms with Gasteiger partial charge in [-0.1, -0.05) is 92.9 Å². The van der Waals surface area contributed by atoms with Gasteiger partial charge in [0, 0.05) is 24.3 Å². The minimum absolute atomic E-state index is 0.0255. The molecule has 0 radical (unpaired) electrons. The Morgan fingerprint density at radius 3 is 2.05 bits per heavy atom. The minimum Gasteiger partial charge on any atom is -0.463 e. The molecule has 0 N–H and O–H groups in total. The Balaban J connectivity index is 0.00000102. The standard InChI is InChI=1S/C24H36F2N2.C6H14.C5H10O2/c1-7-10-19(11-8-2)28-24(9-3)18(15-27-28)12-17(6)21-14-22(25)20(16(4)5)13-23(21)26;1-5-6(2,3)4;1-4(2)7-5(3)6/h9,12-13,15-16,19-22H,3,7-8,10-11,14H2,1-2,4-6H3;5H2,1-4H3;4H,1-3H3/b17-12+;;. The molecule has 1 aromatic rings. The fourth-order valence-electron chi connectivity index (χ4n) is 4.64. The third-order valence-electron chi connectivity index (χ3n) is 7.37. The molecule has 3 atom stereocenters. The van der Waals surface area contributed by atoms with E-state index in [4.69, 9.17) is 0 Å². The predicted molar refractivity (Wildman–Crippen MR) is 172 cm³/mol. The summed E-state index contributed by atoms with van der Waals surface area (Å²) < 4.78 is 36.0. The van der Waals surface area contributed by atoms with Gasteiger partial charge in [-0.3, -0.25) is 9.48 Å². The van der Waals surface area contributed by atoms with Crippen molar-refractivity contribution in [3.8, 4) is 0 Å². The Morgan fingerprint density at radius 1 is 1.15 bits per heavy atom. The summed E-state index contributed by atoms with van der Waals surface area (Å²) in [5.74, 6) is -1.14. The van der Waals surface area contributed by atoms with Crippen LogP contribution in [0.5, 0.6) is 0 Å². The lowest BCUT2D eigenvalue weighted by Crippen LogP contribution is -2.28. The number of carbonyl (C=O) groups excluding carboxylic acids is 1. The lowest BCUT2D eigenvalue weighted by atomic mass is 9.78. The van der Waals surface area contributed by atoms with Gasteiger partial charge in [-0.25, -0.2) is 8.78 Å². The van der Waals surface area contributed by atoms with Crippen LogP contribution in [0.2, 0.25) is 0 Å². The molecule has 0 fully saturated rings. The maximum Gasteiger partial charge on any atom is 0.302 e. The molecule has 0 amide bonds. The van der Waals surface area contributed by atoms with Gasteiger partial charge < -0.3 is 4.74 Å². The monoisotopic (exact) mass is 578 g/mol. The van der Waals surface area contributed by atoms with Crippen molar-refractivity contribution in [2.24, 2.45) is 23.2 Å². The number of ether oxygens (including phenoxy) is 1. The van der Waals surface area contributed by atoms with Crippen LogP contribution >= 0.6 is 0 Å². The number of nitrogens with zero attached hydrogens (tertiary/aromatic N) is 2. The second-order valence-corrected chi connectivity index (χ2v) is 13.0. The molecule has 1 aromatic heterocycles. The van der Waals surface area contributed by atoms with Crippen molar-refractivity contribution in [3.63, 3.8) is 0 Å². The number of halogens is 2. The Hall–Kier alpha value is -2.24. The molecule has 4 nitrogen and oxygen atoms in total. The Morgan fingerprint density at radius 2 is 1.68 bits per heavy atom. The van der Waals surface area contributed by atoms with Crippen molar-refractivity contribution in [2.75, 3.05) is 0 Å². The zero-order valence-electron chi connectivity index (χ0n) is 28.2. The first-order valence-electron chi connectivity index (χ1n) is 15.6. The highest BCUT2D eigenvalue weighted by Gasteiger charge is 2.34. The summed E-state index contributed by atoms with van der Waals surface area (Å²) >= 11 is 0. The Bertz CT molecular complexity index is 963. The average molecular weight is 579 g/mol. The molecule has 1 aliphatic carbocycles. The van der Waals surface area contributed by atoms with Crippen LogP contribution in [0.3, 0.4) is 0 Å². The topological polar surface area (TPSA) is 44.1 Å². The van der Waals surface area contributed by atoms with E-state index in [2.05, 4.69) is 62.6 Å². The zero-order chi connectivity index (χ0) is 31.9. The third-order valence-corrected chi connectivity index (χ3v) is 7.37. The van der Waals surface area contributed by atoms with Crippen molar-refractivity contribution < 1.29 is 18.3 Å². The van der Waals surface area contributed by atoms with Gasteiger partial charge in [0.1, 0.15) is 12.0 Å². The van der Waals surface area contributed by atoms with E-state index in [-0.39, 0.29) is 36.2 Å². The van der Waals surface area contributed by atoms with E-state index in [0.717, 1.165) is 42.5 Å². The molecule has 0 saturated heterocycles. The Kier molecular flexibility index (Phi) is 18.0. The van der Waals surface area contributed by atoms with Crippen LogP contribution in [-0.2, 0) is 9.53 Å². The SMILES string of the molecule is C=Cc1c(/C=C(\C)C2CC(F)C(C(C)C)C=C2F)cnn1C(CCC)CCC.CC(=O)OC(C)C.CCC(C)(C)C. The predicted octanol–water partition coefficient (Wildman–Crippen LogP) is 11.0. The maximum atomic E-state index is 14.7. The van der Waals surface area contributed by atoms with Crippen molar-refractivity contribution >= 4 is 18.1 Å². The van der Waals surface area contributed by atoms with Crippen LogP contribution < -0.4 is 0 Å². The van der Waals surface area contributed by atoms with Gasteiger partial charge in [0.15, 0.2) is 0 Å². The Labute approximate surface area is 250 Å². The van der Waals surface area contributed by atoms with Crippen LogP contribution in [0.4, 0.5) is 8.78 Å². The highest BCUT2D eigenvalue weighted by Crippen LogP contribution is 2.39. The largest absolute Gasteiger partial charge is 0.463 e. The van der Waals surface area contributed by atoms with Gasteiger partial charge in [-0.2, -0.15) is 5.10 Å². The summed E-state index contributed by atoms with van der Waals surface area (Å²) in [7, 11) is 0. The number of rotatable bonds is 10. The van der Waals surface area contributed by atoms with E-state index < -0.39 is 12.1 Å². The molecular weight excluding hydrogens is 518 g/mol. The molecule has 0 aliphatic heterocycles. The third kappa shape index (κ3) is 14.5. The molecule has 6 heteroatoms. The number of hydrogen-bond donors (Lipinski definition) is 0. The fraction of sp³-hybridized carbons (Fsp3) is 0.714. The van der Waals surface area contributed by atoms with E-state index in [1.54, 1.807) is 0 Å². The van der Waals surface area contributed by atoms with E-state index in [1.807, 2.05) is 53.0 Å². The molecule has 1 aliphatic rings. The highest BCUT2D eigenvalue weighted by molar-refractivity contribution is 5.66. The van der Waals surface area contributed by atoms with Crippen molar-refractivity contribution in [1.29, 1.82) is 0 Å². The number of esters is 1. The molecule has 41 heavy (non-hydrogen) atoms. The van der Waals surface area contributed by atoms with E-state index in [9.17, 15) is 13.6 Å². The summed E-state index contributed by atoms with van der Waals surface area (Å²) in [4.78, 5) is 10.0. The highest BCUT2D eigenvalue weighted by atomic mass is 19.1. The molecular formula is C35H60F2N2O2. The number of alkyl halides is 1. The minimum atomic E-state index is -1.01. The second kappa shape index (κ2) is 19.0. The number of allylic oxidation sites excluding steroid dienone is 3. The van der Waals surface area contributed by atoms with Crippen molar-refractivity contribution in [1.82, 2.24) is 9.78 Å². The summed E-state index contributed by atoms with van der Waals surface area (Å²) in [6.45, 7) is 28.1. The van der Waals surface area contributed by atoms with Crippen LogP contribution in [0, 0.1) is 23.2 Å². The smallest absolute Gasteiger partial charge is 0.302 e. The summed E-state index contributed by atoms with van der Waals surface area (Å²) in [6.07, 6.45) is 11.9. The van der Waals surface area contributed by atoms with Gasteiger partial charge in [-0.15, -0.1) is 0 Å². The van der Waals surface area contributed by atoms with E-state index >= 15 is 0 Å². The fourth-order valence-corrected chi connectivity index (χ4v) is 4.64. The van der Waals surface area contributed by atoms with Crippen LogP contribution in [0.1, 0.15) is 139 Å². The molecule has 0 bridgehead atoms. The van der Waals surface area contributed by atoms with Crippen molar-refractivity contribution in [2.45, 2.75) is 140 Å². The summed E-state index contributed by atoms with van der Waals surface area (Å²) in [6, 6.07) is 0.346. The van der Waals surface area contributed by atoms with E-state index in [1.165, 1.54) is 19.4 Å².